The smallest absolute Gasteiger partial charge is 0.161 e. The summed E-state index contributed by atoms with van der Waals surface area (Å²) in [7, 11) is 0. The van der Waals surface area contributed by atoms with Gasteiger partial charge in [-0.25, -0.2) is 0 Å². The molecule has 2 aliphatic carbocycles. The number of hydrogen-bond donors (Lipinski definition) is 0. The highest BCUT2D eigenvalue weighted by Crippen LogP contribution is 2.45. The molecule has 2 nitrogen and oxygen atoms in total. The fourth-order valence-electron chi connectivity index (χ4n) is 5.56. The summed E-state index contributed by atoms with van der Waals surface area (Å²) in [6, 6.07) is 8.35. The minimum absolute atomic E-state index is 0.343. The standard InChI is InChI=1S/C26H42O2/c1-5-25(6-2)17-13-21(14-18-25)27-23-11-9-10-12-24(23)28-22-15-19-26(7-3,8-4)20-16-22/h9-12,21-22H,5-8,13-20H2,1-4H3. The lowest BCUT2D eigenvalue weighted by Crippen LogP contribution is -2.32. The number of benzene rings is 1. The highest BCUT2D eigenvalue weighted by Gasteiger charge is 2.34. The largest absolute Gasteiger partial charge is 0.487 e. The van der Waals surface area contributed by atoms with Crippen LogP contribution in [-0.4, -0.2) is 12.2 Å². The quantitative estimate of drug-likeness (QED) is 0.451. The highest BCUT2D eigenvalue weighted by molar-refractivity contribution is 5.39. The number of rotatable bonds is 8. The van der Waals surface area contributed by atoms with E-state index in [9.17, 15) is 0 Å². The molecule has 0 N–H and O–H groups in total. The number of ether oxygens (including phenoxy) is 2. The second-order valence-corrected chi connectivity index (χ2v) is 9.50. The van der Waals surface area contributed by atoms with E-state index >= 15 is 0 Å². The normalized spacial score (nSPS) is 22.7. The molecule has 0 aliphatic heterocycles. The van der Waals surface area contributed by atoms with Crippen LogP contribution in [0.2, 0.25) is 0 Å². The molecule has 3 rings (SSSR count). The van der Waals surface area contributed by atoms with E-state index in [1.807, 2.05) is 0 Å². The van der Waals surface area contributed by atoms with Crippen molar-refractivity contribution >= 4 is 0 Å². The Morgan fingerprint density at radius 3 is 1.25 bits per heavy atom. The molecule has 0 aromatic heterocycles. The third-order valence-corrected chi connectivity index (χ3v) is 8.42. The van der Waals surface area contributed by atoms with Crippen LogP contribution in [0.4, 0.5) is 0 Å². The molecule has 1 aromatic rings. The summed E-state index contributed by atoms with van der Waals surface area (Å²) in [6.07, 6.45) is 15.8. The molecule has 158 valence electrons. The first kappa shape index (κ1) is 21.5. The van der Waals surface area contributed by atoms with Gasteiger partial charge < -0.3 is 9.47 Å². The average Bonchev–Trinajstić information content (AvgIpc) is 2.76. The summed E-state index contributed by atoms with van der Waals surface area (Å²) in [5.74, 6) is 1.91. The van der Waals surface area contributed by atoms with E-state index in [1.165, 1.54) is 77.0 Å². The van der Waals surface area contributed by atoms with Gasteiger partial charge in [-0.3, -0.25) is 0 Å². The lowest BCUT2D eigenvalue weighted by molar-refractivity contribution is 0.0566. The number of hydrogen-bond acceptors (Lipinski definition) is 2. The Morgan fingerprint density at radius 1 is 0.643 bits per heavy atom. The predicted octanol–water partition coefficient (Wildman–Crippen LogP) is 7.94. The topological polar surface area (TPSA) is 18.5 Å². The summed E-state index contributed by atoms with van der Waals surface area (Å²) in [5, 5.41) is 0. The van der Waals surface area contributed by atoms with Gasteiger partial charge in [-0.15, -0.1) is 0 Å². The Labute approximate surface area is 173 Å². The molecule has 2 heteroatoms. The van der Waals surface area contributed by atoms with Gasteiger partial charge in [0, 0.05) is 0 Å². The Morgan fingerprint density at radius 2 is 0.964 bits per heavy atom. The molecule has 28 heavy (non-hydrogen) atoms. The van der Waals surface area contributed by atoms with Crippen molar-refractivity contribution in [2.24, 2.45) is 10.8 Å². The maximum atomic E-state index is 6.47. The van der Waals surface area contributed by atoms with Crippen LogP contribution in [0.3, 0.4) is 0 Å². The SMILES string of the molecule is CCC1(CC)CCC(Oc2ccccc2OC2CCC(CC)(CC)CC2)CC1. The predicted molar refractivity (Wildman–Crippen MR) is 118 cm³/mol. The zero-order valence-electron chi connectivity index (χ0n) is 18.8. The molecular formula is C26H42O2. The molecule has 0 saturated heterocycles. The van der Waals surface area contributed by atoms with Crippen molar-refractivity contribution in [3.05, 3.63) is 24.3 Å². The summed E-state index contributed by atoms with van der Waals surface area (Å²) < 4.78 is 12.9. The van der Waals surface area contributed by atoms with Crippen molar-refractivity contribution in [3.8, 4) is 11.5 Å². The van der Waals surface area contributed by atoms with E-state index in [2.05, 4.69) is 52.0 Å². The van der Waals surface area contributed by atoms with Crippen LogP contribution in [0, 0.1) is 10.8 Å². The molecule has 0 bridgehead atoms. The van der Waals surface area contributed by atoms with Crippen LogP contribution in [0.5, 0.6) is 11.5 Å². The van der Waals surface area contributed by atoms with E-state index in [0.717, 1.165) is 11.5 Å². The highest BCUT2D eigenvalue weighted by atomic mass is 16.5. The third kappa shape index (κ3) is 4.86. The van der Waals surface area contributed by atoms with Crippen molar-refractivity contribution in [1.29, 1.82) is 0 Å². The van der Waals surface area contributed by atoms with Crippen LogP contribution >= 0.6 is 0 Å². The lowest BCUT2D eigenvalue weighted by Gasteiger charge is -2.40. The summed E-state index contributed by atoms with van der Waals surface area (Å²) in [6.45, 7) is 9.40. The summed E-state index contributed by atoms with van der Waals surface area (Å²) in [5.41, 5.74) is 1.12. The van der Waals surface area contributed by atoms with Gasteiger partial charge in [0.1, 0.15) is 0 Å². The molecule has 2 aliphatic rings. The molecule has 2 saturated carbocycles. The molecule has 2 fully saturated rings. The second-order valence-electron chi connectivity index (χ2n) is 9.50. The summed E-state index contributed by atoms with van der Waals surface area (Å²) >= 11 is 0. The fourth-order valence-corrected chi connectivity index (χ4v) is 5.56. The van der Waals surface area contributed by atoms with Gasteiger partial charge in [0.2, 0.25) is 0 Å². The van der Waals surface area contributed by atoms with Crippen molar-refractivity contribution in [2.75, 3.05) is 0 Å². The van der Waals surface area contributed by atoms with Crippen molar-refractivity contribution in [2.45, 2.75) is 117 Å². The van der Waals surface area contributed by atoms with Crippen LogP contribution in [0.25, 0.3) is 0 Å². The monoisotopic (exact) mass is 386 g/mol. The van der Waals surface area contributed by atoms with Crippen molar-refractivity contribution in [1.82, 2.24) is 0 Å². The number of para-hydroxylation sites is 2. The van der Waals surface area contributed by atoms with Crippen molar-refractivity contribution in [3.63, 3.8) is 0 Å². The third-order valence-electron chi connectivity index (χ3n) is 8.42. The molecule has 0 heterocycles. The van der Waals surface area contributed by atoms with E-state index < -0.39 is 0 Å². The minimum atomic E-state index is 0.343. The van der Waals surface area contributed by atoms with Gasteiger partial charge in [-0.05, 0) is 74.3 Å². The molecule has 0 amide bonds. The minimum Gasteiger partial charge on any atom is -0.487 e. The van der Waals surface area contributed by atoms with Crippen molar-refractivity contribution < 1.29 is 9.47 Å². The first-order valence-electron chi connectivity index (χ1n) is 12.0. The Hall–Kier alpha value is -1.18. The summed E-state index contributed by atoms with van der Waals surface area (Å²) in [4.78, 5) is 0. The zero-order valence-corrected chi connectivity index (χ0v) is 18.8. The Kier molecular flexibility index (Phi) is 7.34. The van der Waals surface area contributed by atoms with E-state index in [1.54, 1.807) is 0 Å². The van der Waals surface area contributed by atoms with Gasteiger partial charge in [0.25, 0.3) is 0 Å². The first-order valence-corrected chi connectivity index (χ1v) is 12.0. The first-order chi connectivity index (χ1) is 13.6. The van der Waals surface area contributed by atoms with Gasteiger partial charge in [0.15, 0.2) is 11.5 Å². The van der Waals surface area contributed by atoms with Crippen LogP contribution in [0.15, 0.2) is 24.3 Å². The van der Waals surface area contributed by atoms with E-state index in [4.69, 9.17) is 9.47 Å². The molecule has 1 aromatic carbocycles. The average molecular weight is 387 g/mol. The second kappa shape index (κ2) is 9.55. The fraction of sp³-hybridized carbons (Fsp3) is 0.769. The molecule has 0 radical (unpaired) electrons. The molecule has 0 spiro atoms. The van der Waals surface area contributed by atoms with Gasteiger partial charge in [-0.1, -0.05) is 65.5 Å². The van der Waals surface area contributed by atoms with Crippen LogP contribution < -0.4 is 9.47 Å². The molecule has 0 unspecified atom stereocenters. The Bertz CT molecular complexity index is 527. The molecule has 0 atom stereocenters. The van der Waals surface area contributed by atoms with Crippen LogP contribution in [-0.2, 0) is 0 Å². The maximum Gasteiger partial charge on any atom is 0.161 e. The Balaban J connectivity index is 1.57. The maximum absolute atomic E-state index is 6.47. The van der Waals surface area contributed by atoms with Gasteiger partial charge >= 0.3 is 0 Å². The van der Waals surface area contributed by atoms with Crippen LogP contribution in [0.1, 0.15) is 105 Å². The van der Waals surface area contributed by atoms with Gasteiger partial charge in [-0.2, -0.15) is 0 Å². The molecular weight excluding hydrogens is 344 g/mol. The van der Waals surface area contributed by atoms with E-state index in [-0.39, 0.29) is 0 Å². The zero-order chi connectivity index (χ0) is 20.0. The lowest BCUT2D eigenvalue weighted by atomic mass is 9.70. The van der Waals surface area contributed by atoms with Gasteiger partial charge in [0.05, 0.1) is 12.2 Å². The van der Waals surface area contributed by atoms with E-state index in [0.29, 0.717) is 23.0 Å².